The van der Waals surface area contributed by atoms with Crippen molar-refractivity contribution in [3.8, 4) is 17.1 Å². The lowest BCUT2D eigenvalue weighted by Crippen LogP contribution is -2.24. The van der Waals surface area contributed by atoms with E-state index in [2.05, 4.69) is 19.6 Å². The highest BCUT2D eigenvalue weighted by Gasteiger charge is 2.15. The average Bonchev–Trinajstić information content (AvgIpc) is 3.22. The second kappa shape index (κ2) is 9.51. The number of hydrogen-bond donors (Lipinski definition) is 1. The Balaban J connectivity index is 1.59. The van der Waals surface area contributed by atoms with E-state index in [1.54, 1.807) is 36.4 Å². The summed E-state index contributed by atoms with van der Waals surface area (Å²) in [6, 6.07) is 13.3. The zero-order valence-corrected chi connectivity index (χ0v) is 17.3. The minimum absolute atomic E-state index is 0.132. The van der Waals surface area contributed by atoms with Crippen molar-refractivity contribution in [1.82, 2.24) is 14.9 Å². The van der Waals surface area contributed by atoms with Gasteiger partial charge in [0.25, 0.3) is 0 Å². The van der Waals surface area contributed by atoms with Gasteiger partial charge in [0.05, 0.1) is 31.6 Å². The molecule has 0 aliphatic carbocycles. The molecule has 1 heterocycles. The van der Waals surface area contributed by atoms with E-state index in [1.165, 1.54) is 19.2 Å². The molecule has 3 aromatic rings. The minimum Gasteiger partial charge on any atom is -0.494 e. The molecule has 0 atom stereocenters. The van der Waals surface area contributed by atoms with E-state index in [4.69, 9.17) is 9.26 Å². The van der Waals surface area contributed by atoms with Gasteiger partial charge in [-0.2, -0.15) is 4.98 Å². The molecule has 2 aromatic carbocycles. The molecule has 30 heavy (non-hydrogen) atoms. The number of esters is 1. The van der Waals surface area contributed by atoms with E-state index in [-0.39, 0.29) is 18.2 Å². The van der Waals surface area contributed by atoms with Crippen LogP contribution in [0.5, 0.6) is 5.75 Å². The topological polar surface area (TPSA) is 121 Å². The van der Waals surface area contributed by atoms with Gasteiger partial charge < -0.3 is 14.0 Å². The van der Waals surface area contributed by atoms with E-state index in [0.29, 0.717) is 23.6 Å². The Bertz CT molecular complexity index is 1090. The van der Waals surface area contributed by atoms with Gasteiger partial charge in [-0.3, -0.25) is 0 Å². The van der Waals surface area contributed by atoms with Crippen molar-refractivity contribution in [2.75, 3.05) is 13.7 Å². The number of rotatable bonds is 9. The van der Waals surface area contributed by atoms with Gasteiger partial charge in [-0.05, 0) is 48.9 Å². The number of nitrogens with zero attached hydrogens (tertiary/aromatic N) is 2. The summed E-state index contributed by atoms with van der Waals surface area (Å²) in [5.41, 5.74) is 1.59. The number of carbonyl (C=O) groups excluding carboxylic acids is 1. The summed E-state index contributed by atoms with van der Waals surface area (Å²) in [6.07, 6.45) is 0. The number of aromatic nitrogens is 2. The maximum Gasteiger partial charge on any atom is 0.337 e. The fourth-order valence-electron chi connectivity index (χ4n) is 2.61. The van der Waals surface area contributed by atoms with Crippen molar-refractivity contribution in [3.63, 3.8) is 0 Å². The molecule has 158 valence electrons. The smallest absolute Gasteiger partial charge is 0.337 e. The fourth-order valence-corrected chi connectivity index (χ4v) is 3.68. The highest BCUT2D eigenvalue weighted by Crippen LogP contribution is 2.20. The quantitative estimate of drug-likeness (QED) is 0.513. The lowest BCUT2D eigenvalue weighted by Gasteiger charge is -2.05. The first-order chi connectivity index (χ1) is 14.4. The van der Waals surface area contributed by atoms with Gasteiger partial charge in [-0.1, -0.05) is 17.3 Å². The van der Waals surface area contributed by atoms with E-state index in [0.717, 1.165) is 11.3 Å². The number of carbonyl (C=O) groups is 1. The second-order valence-corrected chi connectivity index (χ2v) is 8.04. The molecule has 0 aliphatic rings. The molecule has 1 N–H and O–H groups in total. The minimum atomic E-state index is -3.65. The maximum absolute atomic E-state index is 12.3. The summed E-state index contributed by atoms with van der Waals surface area (Å²) < 4.78 is 42.2. The summed E-state index contributed by atoms with van der Waals surface area (Å²) >= 11 is 0. The van der Waals surface area contributed by atoms with Crippen molar-refractivity contribution in [2.24, 2.45) is 0 Å². The van der Waals surface area contributed by atoms with Crippen LogP contribution in [0.3, 0.4) is 0 Å². The summed E-state index contributed by atoms with van der Waals surface area (Å²) in [6.45, 7) is 2.34. The molecule has 0 saturated carbocycles. The van der Waals surface area contributed by atoms with Crippen LogP contribution in [0, 0.1) is 0 Å². The first kappa shape index (κ1) is 21.5. The Morgan fingerprint density at radius 3 is 2.43 bits per heavy atom. The zero-order chi connectivity index (χ0) is 21.6. The van der Waals surface area contributed by atoms with Crippen molar-refractivity contribution < 1.29 is 27.2 Å². The predicted octanol–water partition coefficient (Wildman–Crippen LogP) is 2.54. The molecule has 3 rings (SSSR count). The van der Waals surface area contributed by atoms with Crippen molar-refractivity contribution in [3.05, 3.63) is 65.5 Å². The van der Waals surface area contributed by atoms with Crippen molar-refractivity contribution in [1.29, 1.82) is 0 Å². The summed E-state index contributed by atoms with van der Waals surface area (Å²) in [5.74, 6) is 0.489. The van der Waals surface area contributed by atoms with Gasteiger partial charge >= 0.3 is 5.97 Å². The number of hydrogen-bond acceptors (Lipinski definition) is 8. The molecule has 0 amide bonds. The van der Waals surface area contributed by atoms with Crippen LogP contribution in [-0.4, -0.2) is 38.2 Å². The van der Waals surface area contributed by atoms with Crippen LogP contribution in [-0.2, 0) is 27.1 Å². The van der Waals surface area contributed by atoms with Crippen LogP contribution in [0.2, 0.25) is 0 Å². The number of ether oxygens (including phenoxy) is 2. The Morgan fingerprint density at radius 2 is 1.80 bits per heavy atom. The first-order valence-corrected chi connectivity index (χ1v) is 10.8. The van der Waals surface area contributed by atoms with Crippen molar-refractivity contribution in [2.45, 2.75) is 19.2 Å². The lowest BCUT2D eigenvalue weighted by atomic mass is 10.1. The number of methoxy groups -OCH3 is 1. The largest absolute Gasteiger partial charge is 0.494 e. The van der Waals surface area contributed by atoms with Crippen LogP contribution in [0.4, 0.5) is 0 Å². The normalized spacial score (nSPS) is 11.3. The van der Waals surface area contributed by atoms with E-state index in [1.807, 2.05) is 6.92 Å². The van der Waals surface area contributed by atoms with Crippen LogP contribution in [0.25, 0.3) is 11.4 Å². The SMILES string of the molecule is CCOc1ccc(-c2noc(CNS(=O)(=O)Cc3ccc(C(=O)OC)cc3)n2)cc1. The Labute approximate surface area is 174 Å². The Hall–Kier alpha value is -3.24. The molecule has 0 saturated heterocycles. The predicted molar refractivity (Wildman–Crippen MR) is 108 cm³/mol. The Morgan fingerprint density at radius 1 is 1.10 bits per heavy atom. The third kappa shape index (κ3) is 5.65. The summed E-state index contributed by atoms with van der Waals surface area (Å²) in [7, 11) is -2.37. The maximum atomic E-state index is 12.3. The molecule has 0 unspecified atom stereocenters. The second-order valence-electron chi connectivity index (χ2n) is 6.24. The highest BCUT2D eigenvalue weighted by atomic mass is 32.2. The van der Waals surface area contributed by atoms with Crippen LogP contribution in [0.1, 0.15) is 28.7 Å². The third-order valence-electron chi connectivity index (χ3n) is 4.07. The first-order valence-electron chi connectivity index (χ1n) is 9.10. The van der Waals surface area contributed by atoms with E-state index in [9.17, 15) is 13.2 Å². The third-order valence-corrected chi connectivity index (χ3v) is 5.36. The average molecular weight is 431 g/mol. The van der Waals surface area contributed by atoms with Gasteiger partial charge in [0.1, 0.15) is 5.75 Å². The van der Waals surface area contributed by atoms with Crippen LogP contribution >= 0.6 is 0 Å². The van der Waals surface area contributed by atoms with Gasteiger partial charge in [0.2, 0.25) is 21.7 Å². The van der Waals surface area contributed by atoms with E-state index >= 15 is 0 Å². The molecular weight excluding hydrogens is 410 g/mol. The van der Waals surface area contributed by atoms with Gasteiger partial charge in [-0.15, -0.1) is 0 Å². The van der Waals surface area contributed by atoms with Gasteiger partial charge in [-0.25, -0.2) is 17.9 Å². The van der Waals surface area contributed by atoms with Gasteiger partial charge in [0.15, 0.2) is 0 Å². The van der Waals surface area contributed by atoms with Crippen LogP contribution < -0.4 is 9.46 Å². The molecule has 9 nitrogen and oxygen atoms in total. The van der Waals surface area contributed by atoms with Crippen molar-refractivity contribution >= 4 is 16.0 Å². The highest BCUT2D eigenvalue weighted by molar-refractivity contribution is 7.88. The number of sulfonamides is 1. The molecular formula is C20H21N3O6S. The molecule has 1 aromatic heterocycles. The Kier molecular flexibility index (Phi) is 6.80. The molecule has 0 spiro atoms. The summed E-state index contributed by atoms with van der Waals surface area (Å²) in [5, 5.41) is 3.88. The lowest BCUT2D eigenvalue weighted by molar-refractivity contribution is 0.0600. The molecule has 0 radical (unpaired) electrons. The monoisotopic (exact) mass is 431 g/mol. The van der Waals surface area contributed by atoms with E-state index < -0.39 is 16.0 Å². The fraction of sp³-hybridized carbons (Fsp3) is 0.250. The number of benzene rings is 2. The molecule has 0 bridgehead atoms. The molecule has 10 heteroatoms. The number of nitrogens with one attached hydrogen (secondary N) is 1. The summed E-state index contributed by atoms with van der Waals surface area (Å²) in [4.78, 5) is 15.6. The van der Waals surface area contributed by atoms with Gasteiger partial charge in [0, 0.05) is 5.56 Å². The molecule has 0 fully saturated rings. The van der Waals surface area contributed by atoms with Crippen LogP contribution in [0.15, 0.2) is 53.1 Å². The zero-order valence-electron chi connectivity index (χ0n) is 16.5. The molecule has 0 aliphatic heterocycles. The standard InChI is InChI=1S/C20H21N3O6S/c1-3-28-17-10-8-15(9-11-17)19-22-18(29-23-19)12-21-30(25,26)13-14-4-6-16(7-5-14)20(24)27-2/h4-11,21H,3,12-13H2,1-2H3.